The van der Waals surface area contributed by atoms with Gasteiger partial charge in [-0.3, -0.25) is 29.3 Å². The molecule has 3 aromatic rings. The SMILES string of the molecule is O=C(CN(C(=O)c1ccc([N+](=O)[O-])cc1)N1C(=O)[C@@H]2[C@H](C1=O)[C@H]1C=C[C@H]2C1)c1ccc(OC(=O)c2ccco2)cc1. The summed E-state index contributed by atoms with van der Waals surface area (Å²) in [6.07, 6.45) is 5.84. The van der Waals surface area contributed by atoms with Crippen molar-refractivity contribution in [2.45, 2.75) is 6.42 Å². The highest BCUT2D eigenvalue weighted by molar-refractivity contribution is 6.10. The number of nitro groups is 1. The van der Waals surface area contributed by atoms with Crippen LogP contribution in [0.5, 0.6) is 5.75 Å². The molecule has 2 aliphatic carbocycles. The van der Waals surface area contributed by atoms with Gasteiger partial charge in [0.15, 0.2) is 5.78 Å². The van der Waals surface area contributed by atoms with E-state index in [0.717, 1.165) is 22.2 Å². The maximum Gasteiger partial charge on any atom is 0.379 e. The molecule has 3 amide bonds. The summed E-state index contributed by atoms with van der Waals surface area (Å²) < 4.78 is 10.2. The molecule has 3 aliphatic rings. The molecule has 2 heterocycles. The van der Waals surface area contributed by atoms with Crippen LogP contribution in [0.4, 0.5) is 5.69 Å². The highest BCUT2D eigenvalue weighted by Crippen LogP contribution is 2.52. The van der Waals surface area contributed by atoms with Gasteiger partial charge in [0.2, 0.25) is 5.76 Å². The molecule has 4 atom stereocenters. The monoisotopic (exact) mass is 555 g/mol. The maximum atomic E-state index is 13.6. The molecule has 1 saturated carbocycles. The number of rotatable bonds is 8. The van der Waals surface area contributed by atoms with Crippen LogP contribution in [-0.2, 0) is 9.59 Å². The summed E-state index contributed by atoms with van der Waals surface area (Å²) in [4.78, 5) is 76.5. The van der Waals surface area contributed by atoms with Crippen molar-refractivity contribution in [1.82, 2.24) is 10.0 Å². The number of carbonyl (C=O) groups excluding carboxylic acids is 5. The van der Waals surface area contributed by atoms with Gasteiger partial charge in [0.05, 0.1) is 23.0 Å². The average molecular weight is 555 g/mol. The first kappa shape index (κ1) is 25.9. The van der Waals surface area contributed by atoms with Crippen molar-refractivity contribution in [3.63, 3.8) is 0 Å². The molecule has 41 heavy (non-hydrogen) atoms. The van der Waals surface area contributed by atoms with Crippen molar-refractivity contribution in [1.29, 1.82) is 0 Å². The third-order valence-corrected chi connectivity index (χ3v) is 7.65. The van der Waals surface area contributed by atoms with E-state index in [1.807, 2.05) is 12.2 Å². The Kier molecular flexibility index (Phi) is 6.29. The Morgan fingerprint density at radius 2 is 1.54 bits per heavy atom. The first-order valence-corrected chi connectivity index (χ1v) is 12.7. The van der Waals surface area contributed by atoms with E-state index in [-0.39, 0.29) is 40.2 Å². The van der Waals surface area contributed by atoms with E-state index in [1.54, 1.807) is 0 Å². The number of benzene rings is 2. The molecule has 2 aromatic carbocycles. The van der Waals surface area contributed by atoms with Crippen molar-refractivity contribution < 1.29 is 38.1 Å². The number of esters is 1. The van der Waals surface area contributed by atoms with Crippen molar-refractivity contribution >= 4 is 35.2 Å². The van der Waals surface area contributed by atoms with E-state index in [0.29, 0.717) is 6.42 Å². The average Bonchev–Trinajstić information content (AvgIpc) is 3.78. The third kappa shape index (κ3) is 4.48. The Morgan fingerprint density at radius 1 is 0.927 bits per heavy atom. The summed E-state index contributed by atoms with van der Waals surface area (Å²) in [5.41, 5.74) is -0.157. The highest BCUT2D eigenvalue weighted by Gasteiger charge is 2.61. The quantitative estimate of drug-likeness (QED) is 0.0772. The summed E-state index contributed by atoms with van der Waals surface area (Å²) in [7, 11) is 0. The summed E-state index contributed by atoms with van der Waals surface area (Å²) in [5, 5.41) is 12.6. The Bertz CT molecular complexity index is 1580. The van der Waals surface area contributed by atoms with Crippen LogP contribution in [0.2, 0.25) is 0 Å². The van der Waals surface area contributed by atoms with Crippen LogP contribution >= 0.6 is 0 Å². The number of hydrogen-bond acceptors (Lipinski definition) is 9. The van der Waals surface area contributed by atoms with Crippen LogP contribution in [-0.4, -0.2) is 51.0 Å². The maximum absolute atomic E-state index is 13.6. The molecule has 206 valence electrons. The number of ether oxygens (including phenoxy) is 1. The van der Waals surface area contributed by atoms with Gasteiger partial charge in [0.1, 0.15) is 12.3 Å². The van der Waals surface area contributed by atoms with Gasteiger partial charge in [-0.2, -0.15) is 5.01 Å². The smallest absolute Gasteiger partial charge is 0.379 e. The first-order chi connectivity index (χ1) is 19.7. The number of allylic oxidation sites excluding steroid dienone is 2. The van der Waals surface area contributed by atoms with Gasteiger partial charge < -0.3 is 9.15 Å². The number of ketones is 1. The molecular weight excluding hydrogens is 534 g/mol. The zero-order valence-corrected chi connectivity index (χ0v) is 21.2. The summed E-state index contributed by atoms with van der Waals surface area (Å²) >= 11 is 0. The number of furan rings is 1. The predicted molar refractivity (Wildman–Crippen MR) is 138 cm³/mol. The topological polar surface area (TPSA) is 157 Å². The fraction of sp³-hybridized carbons (Fsp3) is 0.207. The largest absolute Gasteiger partial charge is 0.457 e. The highest BCUT2D eigenvalue weighted by atomic mass is 16.6. The molecule has 12 heteroatoms. The van der Waals surface area contributed by atoms with Gasteiger partial charge in [-0.1, -0.05) is 12.2 Å². The lowest BCUT2D eigenvalue weighted by atomic mass is 9.85. The number of nitrogens with zero attached hydrogens (tertiary/aromatic N) is 3. The Hall–Kier alpha value is -5.39. The number of Topliss-reactive ketones (excluding diaryl/α,β-unsaturated/α-hetero) is 1. The van der Waals surface area contributed by atoms with Gasteiger partial charge in [0.25, 0.3) is 23.4 Å². The Balaban J connectivity index is 1.26. The number of hydrazine groups is 1. The van der Waals surface area contributed by atoms with E-state index >= 15 is 0 Å². The number of nitro benzene ring substituents is 1. The lowest BCUT2D eigenvalue weighted by Crippen LogP contribution is -2.52. The zero-order chi connectivity index (χ0) is 28.8. The molecule has 6 rings (SSSR count). The van der Waals surface area contributed by atoms with Gasteiger partial charge in [-0.15, -0.1) is 0 Å². The van der Waals surface area contributed by atoms with E-state index in [2.05, 4.69) is 0 Å². The molecule has 2 bridgehead atoms. The molecular formula is C29H21N3O9. The van der Waals surface area contributed by atoms with Crippen LogP contribution in [0, 0.1) is 33.8 Å². The molecule has 12 nitrogen and oxygen atoms in total. The minimum Gasteiger partial charge on any atom is -0.457 e. The minimum absolute atomic E-state index is 0.00102. The molecule has 0 spiro atoms. The van der Waals surface area contributed by atoms with Crippen molar-refractivity contribution in [2.75, 3.05) is 6.54 Å². The van der Waals surface area contributed by atoms with Crippen LogP contribution in [0.1, 0.15) is 37.7 Å². The fourth-order valence-corrected chi connectivity index (χ4v) is 5.72. The number of hydrogen-bond donors (Lipinski definition) is 0. The van der Waals surface area contributed by atoms with E-state index in [4.69, 9.17) is 9.15 Å². The second kappa shape index (κ2) is 9.97. The van der Waals surface area contributed by atoms with Gasteiger partial charge in [-0.25, -0.2) is 9.80 Å². The zero-order valence-electron chi connectivity index (χ0n) is 21.2. The Morgan fingerprint density at radius 3 is 2.10 bits per heavy atom. The van der Waals surface area contributed by atoms with E-state index in [9.17, 15) is 34.1 Å². The summed E-state index contributed by atoms with van der Waals surface area (Å²) in [6, 6.07) is 13.2. The van der Waals surface area contributed by atoms with Gasteiger partial charge in [0, 0.05) is 23.3 Å². The van der Waals surface area contributed by atoms with Gasteiger partial charge in [-0.05, 0) is 66.8 Å². The Labute approximate surface area is 231 Å². The lowest BCUT2D eigenvalue weighted by molar-refractivity contribution is -0.384. The van der Waals surface area contributed by atoms with E-state index < -0.39 is 52.8 Å². The van der Waals surface area contributed by atoms with Gasteiger partial charge >= 0.3 is 5.97 Å². The number of carbonyl (C=O) groups is 5. The van der Waals surface area contributed by atoms with Crippen LogP contribution in [0.3, 0.4) is 0 Å². The standard InChI is InChI=1S/C29H21N3O9/c33-22(16-7-11-21(12-8-16)41-29(37)23-2-1-13-40-23)15-30(26(34)17-5-9-20(10-6-17)32(38)39)31-27(35)24-18-3-4-19(14-18)25(24)28(31)36/h1-13,18-19,24-25H,14-15H2/t18-,19-,24-,25+/m0/s1. The first-order valence-electron chi connectivity index (χ1n) is 12.7. The molecule has 1 aromatic heterocycles. The van der Waals surface area contributed by atoms with Crippen molar-refractivity contribution in [2.24, 2.45) is 23.7 Å². The lowest BCUT2D eigenvalue weighted by Gasteiger charge is -2.30. The number of imide groups is 1. The third-order valence-electron chi connectivity index (χ3n) is 7.65. The fourth-order valence-electron chi connectivity index (χ4n) is 5.72. The van der Waals surface area contributed by atoms with Crippen LogP contribution in [0.25, 0.3) is 0 Å². The molecule has 0 N–H and O–H groups in total. The van der Waals surface area contributed by atoms with Crippen molar-refractivity contribution in [3.05, 3.63) is 106 Å². The normalized spacial score (nSPS) is 22.1. The predicted octanol–water partition coefficient (Wildman–Crippen LogP) is 3.45. The minimum atomic E-state index is -0.834. The number of non-ortho nitro benzene ring substituents is 1. The van der Waals surface area contributed by atoms with Crippen LogP contribution in [0.15, 0.2) is 83.5 Å². The van der Waals surface area contributed by atoms with Crippen molar-refractivity contribution in [3.8, 4) is 5.75 Å². The number of fused-ring (bicyclic) bond motifs is 5. The molecule has 2 fully saturated rings. The molecule has 0 unspecified atom stereocenters. The summed E-state index contributed by atoms with van der Waals surface area (Å²) in [5.74, 6) is -4.58. The molecule has 1 aliphatic heterocycles. The van der Waals surface area contributed by atoms with Crippen LogP contribution < -0.4 is 4.74 Å². The second-order valence-corrected chi connectivity index (χ2v) is 9.97. The molecule has 1 saturated heterocycles. The number of amides is 3. The van der Waals surface area contributed by atoms with E-state index in [1.165, 1.54) is 54.8 Å². The molecule has 0 radical (unpaired) electrons. The second-order valence-electron chi connectivity index (χ2n) is 9.97. The summed E-state index contributed by atoms with van der Waals surface area (Å²) in [6.45, 7) is -0.652.